The van der Waals surface area contributed by atoms with Crippen LogP contribution in [0.5, 0.6) is 0 Å². The summed E-state index contributed by atoms with van der Waals surface area (Å²) in [4.78, 5) is 50.6. The standard InChI is InChI=1S/C27H38ClN3O10/c28-6-8-36-10-12-38-14-16-40-18-19-41-17-15-39-13-11-37-9-7-29-21-3-1-2-20-24(21)27(35)31(26(20)34)22-4-5-23(32)30-25(22)33/h1-3,22,29H,4-19H2,(H,30,32,33). The highest BCUT2D eigenvalue weighted by atomic mass is 35.5. The molecule has 0 bridgehead atoms. The Hall–Kier alpha value is -2.65. The molecule has 0 aromatic heterocycles. The van der Waals surface area contributed by atoms with Gasteiger partial charge >= 0.3 is 0 Å². The van der Waals surface area contributed by atoms with Crippen molar-refractivity contribution < 1.29 is 47.6 Å². The fraction of sp³-hybridized carbons (Fsp3) is 0.630. The van der Waals surface area contributed by atoms with Gasteiger partial charge in [0.25, 0.3) is 11.8 Å². The first kappa shape index (κ1) is 32.9. The third-order valence-corrected chi connectivity index (χ3v) is 6.27. The highest BCUT2D eigenvalue weighted by molar-refractivity contribution is 6.25. The monoisotopic (exact) mass is 599 g/mol. The third kappa shape index (κ3) is 10.6. The Bertz CT molecular complexity index is 1010. The maximum atomic E-state index is 13.1. The molecule has 4 amide bonds. The minimum absolute atomic E-state index is 0.0715. The number of amides is 4. The van der Waals surface area contributed by atoms with E-state index in [4.69, 9.17) is 40.0 Å². The Morgan fingerprint density at radius 1 is 0.756 bits per heavy atom. The smallest absolute Gasteiger partial charge is 0.264 e. The molecule has 2 aliphatic heterocycles. The highest BCUT2D eigenvalue weighted by Crippen LogP contribution is 2.32. The zero-order valence-electron chi connectivity index (χ0n) is 23.0. The van der Waals surface area contributed by atoms with E-state index in [0.29, 0.717) is 97.4 Å². The first-order valence-corrected chi connectivity index (χ1v) is 14.2. The van der Waals surface area contributed by atoms with Crippen molar-refractivity contribution in [1.29, 1.82) is 0 Å². The van der Waals surface area contributed by atoms with E-state index in [9.17, 15) is 19.2 Å². The highest BCUT2D eigenvalue weighted by Gasteiger charge is 2.45. The lowest BCUT2D eigenvalue weighted by atomic mass is 10.0. The number of fused-ring (bicyclic) bond motifs is 1. The molecule has 0 aliphatic carbocycles. The second kappa shape index (κ2) is 18.7. The molecule has 1 aromatic carbocycles. The number of rotatable bonds is 22. The van der Waals surface area contributed by atoms with Crippen LogP contribution in [0.1, 0.15) is 33.6 Å². The summed E-state index contributed by atoms with van der Waals surface area (Å²) in [5.41, 5.74) is 0.923. The van der Waals surface area contributed by atoms with Gasteiger partial charge in [0, 0.05) is 24.5 Å². The predicted octanol–water partition coefficient (Wildman–Crippen LogP) is 0.838. The van der Waals surface area contributed by atoms with Gasteiger partial charge in [-0.2, -0.15) is 0 Å². The number of ether oxygens (including phenoxy) is 6. The lowest BCUT2D eigenvalue weighted by Gasteiger charge is -2.27. The zero-order valence-corrected chi connectivity index (χ0v) is 23.8. The molecule has 1 unspecified atom stereocenters. The number of nitrogens with zero attached hydrogens (tertiary/aromatic N) is 1. The number of alkyl halides is 1. The first-order valence-electron chi connectivity index (χ1n) is 13.7. The summed E-state index contributed by atoms with van der Waals surface area (Å²) >= 11 is 5.50. The number of carbonyl (C=O) groups excluding carboxylic acids is 4. The molecule has 1 atom stereocenters. The molecule has 0 saturated carbocycles. The van der Waals surface area contributed by atoms with Gasteiger partial charge in [0.15, 0.2) is 0 Å². The largest absolute Gasteiger partial charge is 0.382 e. The Labute approximate surface area is 244 Å². The van der Waals surface area contributed by atoms with Crippen molar-refractivity contribution in [2.45, 2.75) is 18.9 Å². The predicted molar refractivity (Wildman–Crippen MR) is 147 cm³/mol. The number of halogens is 1. The number of carbonyl (C=O) groups is 4. The quantitative estimate of drug-likeness (QED) is 0.111. The van der Waals surface area contributed by atoms with E-state index in [2.05, 4.69) is 10.6 Å². The summed E-state index contributed by atoms with van der Waals surface area (Å²) < 4.78 is 32.4. The average molecular weight is 600 g/mol. The Morgan fingerprint density at radius 3 is 1.83 bits per heavy atom. The molecule has 2 aliphatic rings. The van der Waals surface area contributed by atoms with Crippen molar-refractivity contribution in [1.82, 2.24) is 10.2 Å². The second-order valence-corrected chi connectivity index (χ2v) is 9.34. The van der Waals surface area contributed by atoms with Crippen LogP contribution in [0.2, 0.25) is 0 Å². The number of piperidine rings is 1. The van der Waals surface area contributed by atoms with Gasteiger partial charge in [-0.1, -0.05) is 6.07 Å². The van der Waals surface area contributed by atoms with E-state index in [0.717, 1.165) is 4.90 Å². The molecular formula is C27H38ClN3O10. The molecule has 1 saturated heterocycles. The maximum Gasteiger partial charge on any atom is 0.264 e. The van der Waals surface area contributed by atoms with Crippen molar-refractivity contribution in [3.8, 4) is 0 Å². The van der Waals surface area contributed by atoms with Crippen LogP contribution in [0.3, 0.4) is 0 Å². The first-order chi connectivity index (χ1) is 20.0. The lowest BCUT2D eigenvalue weighted by molar-refractivity contribution is -0.136. The van der Waals surface area contributed by atoms with Gasteiger partial charge < -0.3 is 33.7 Å². The van der Waals surface area contributed by atoms with E-state index in [-0.39, 0.29) is 24.0 Å². The van der Waals surface area contributed by atoms with Gasteiger partial charge in [-0.25, -0.2) is 0 Å². The topological polar surface area (TPSA) is 151 Å². The molecule has 0 spiro atoms. The molecule has 3 rings (SSSR count). The minimum Gasteiger partial charge on any atom is -0.382 e. The van der Waals surface area contributed by atoms with Gasteiger partial charge in [-0.3, -0.25) is 29.4 Å². The fourth-order valence-electron chi connectivity index (χ4n) is 4.18. The number of nitrogens with one attached hydrogen (secondary N) is 2. The van der Waals surface area contributed by atoms with Crippen LogP contribution in [-0.4, -0.2) is 126 Å². The van der Waals surface area contributed by atoms with Crippen molar-refractivity contribution in [3.05, 3.63) is 29.3 Å². The number of benzene rings is 1. The normalized spacial score (nSPS) is 16.8. The maximum absolute atomic E-state index is 13.1. The van der Waals surface area contributed by atoms with Gasteiger partial charge in [-0.05, 0) is 18.6 Å². The number of imide groups is 2. The van der Waals surface area contributed by atoms with Gasteiger partial charge in [-0.15, -0.1) is 11.6 Å². The number of anilines is 1. The molecule has 0 radical (unpaired) electrons. The van der Waals surface area contributed by atoms with E-state index in [1.165, 1.54) is 0 Å². The van der Waals surface area contributed by atoms with Crippen LogP contribution in [0, 0.1) is 0 Å². The summed E-state index contributed by atoms with van der Waals surface area (Å²) in [6, 6.07) is 3.91. The van der Waals surface area contributed by atoms with Crippen molar-refractivity contribution in [3.63, 3.8) is 0 Å². The third-order valence-electron chi connectivity index (χ3n) is 6.11. The van der Waals surface area contributed by atoms with Crippen LogP contribution >= 0.6 is 11.6 Å². The van der Waals surface area contributed by atoms with Crippen LogP contribution in [-0.2, 0) is 38.0 Å². The van der Waals surface area contributed by atoms with Crippen molar-refractivity contribution >= 4 is 40.9 Å². The molecule has 13 nitrogen and oxygen atoms in total. The van der Waals surface area contributed by atoms with E-state index >= 15 is 0 Å². The van der Waals surface area contributed by atoms with Gasteiger partial charge in [0.1, 0.15) is 6.04 Å². The van der Waals surface area contributed by atoms with E-state index in [1.807, 2.05) is 0 Å². The van der Waals surface area contributed by atoms with Crippen LogP contribution in [0.4, 0.5) is 5.69 Å². The summed E-state index contributed by atoms with van der Waals surface area (Å²) in [6.45, 7) is 5.90. The SMILES string of the molecule is O=C1CCC(N2C(=O)c3cccc(NCCOCCOCCOCCOCCOCCOCCCl)c3C2=O)C(=O)N1. The minimum atomic E-state index is -1.00. The second-order valence-electron chi connectivity index (χ2n) is 8.97. The number of hydrogen-bond acceptors (Lipinski definition) is 11. The molecule has 1 fully saturated rings. The average Bonchev–Trinajstić information content (AvgIpc) is 3.22. The molecule has 2 heterocycles. The molecule has 228 valence electrons. The van der Waals surface area contributed by atoms with Crippen LogP contribution in [0.15, 0.2) is 18.2 Å². The molecular weight excluding hydrogens is 562 g/mol. The van der Waals surface area contributed by atoms with Crippen LogP contribution in [0.25, 0.3) is 0 Å². The molecule has 14 heteroatoms. The Kier molecular flexibility index (Phi) is 15.0. The van der Waals surface area contributed by atoms with E-state index in [1.54, 1.807) is 18.2 Å². The van der Waals surface area contributed by atoms with Crippen LogP contribution < -0.4 is 10.6 Å². The van der Waals surface area contributed by atoms with Gasteiger partial charge in [0.2, 0.25) is 11.8 Å². The lowest BCUT2D eigenvalue weighted by Crippen LogP contribution is -2.54. The molecule has 41 heavy (non-hydrogen) atoms. The van der Waals surface area contributed by atoms with E-state index < -0.39 is 29.7 Å². The Balaban J connectivity index is 1.19. The summed E-state index contributed by atoms with van der Waals surface area (Å²) in [6.07, 6.45) is 0.181. The Morgan fingerprint density at radius 2 is 1.29 bits per heavy atom. The molecule has 1 aromatic rings. The zero-order chi connectivity index (χ0) is 29.3. The van der Waals surface area contributed by atoms with Crippen molar-refractivity contribution in [2.75, 3.05) is 97.0 Å². The summed E-state index contributed by atoms with van der Waals surface area (Å²) in [5.74, 6) is -1.67. The number of hydrogen-bond donors (Lipinski definition) is 2. The molecule has 2 N–H and O–H groups in total. The van der Waals surface area contributed by atoms with Crippen molar-refractivity contribution in [2.24, 2.45) is 0 Å². The summed E-state index contributed by atoms with van der Waals surface area (Å²) in [5, 5.41) is 5.32. The van der Waals surface area contributed by atoms with Gasteiger partial charge in [0.05, 0.1) is 90.4 Å². The fourth-order valence-corrected chi connectivity index (χ4v) is 4.29. The summed E-state index contributed by atoms with van der Waals surface area (Å²) in [7, 11) is 0.